The van der Waals surface area contributed by atoms with E-state index in [4.69, 9.17) is 20.8 Å². The van der Waals surface area contributed by atoms with Crippen molar-refractivity contribution in [2.24, 2.45) is 5.92 Å². The number of furan rings is 1. The van der Waals surface area contributed by atoms with Crippen molar-refractivity contribution < 1.29 is 13.9 Å². The molecule has 0 saturated heterocycles. The van der Waals surface area contributed by atoms with Crippen LogP contribution in [0.4, 0.5) is 0 Å². The second-order valence-electron chi connectivity index (χ2n) is 5.24. The molecule has 2 aromatic rings. The molecule has 110 valence electrons. The molecule has 0 N–H and O–H groups in total. The molecule has 5 heteroatoms. The fourth-order valence-electron chi connectivity index (χ4n) is 2.55. The quantitative estimate of drug-likeness (QED) is 0.875. The minimum Gasteiger partial charge on any atom is -0.492 e. The fourth-order valence-corrected chi connectivity index (χ4v) is 2.74. The first-order chi connectivity index (χ1) is 10.1. The van der Waals surface area contributed by atoms with Crippen LogP contribution in [0.25, 0.3) is 0 Å². The van der Waals surface area contributed by atoms with E-state index in [0.29, 0.717) is 24.6 Å². The lowest BCUT2D eigenvalue weighted by Crippen LogP contribution is -2.38. The number of halogens is 1. The van der Waals surface area contributed by atoms with Crippen LogP contribution in [-0.4, -0.2) is 24.5 Å². The van der Waals surface area contributed by atoms with Gasteiger partial charge in [-0.25, -0.2) is 0 Å². The second kappa shape index (κ2) is 5.82. The van der Waals surface area contributed by atoms with E-state index < -0.39 is 0 Å². The number of nitrogens with zero attached hydrogens (tertiary/aromatic N) is 1. The van der Waals surface area contributed by atoms with Crippen molar-refractivity contribution in [1.82, 2.24) is 4.90 Å². The van der Waals surface area contributed by atoms with Gasteiger partial charge in [-0.05, 0) is 42.3 Å². The Morgan fingerprint density at radius 3 is 3.05 bits per heavy atom. The lowest BCUT2D eigenvalue weighted by molar-refractivity contribution is -0.136. The highest BCUT2D eigenvalue weighted by molar-refractivity contribution is 6.30. The smallest absolute Gasteiger partial charge is 0.229 e. The molecule has 1 aromatic heterocycles. The van der Waals surface area contributed by atoms with Gasteiger partial charge >= 0.3 is 0 Å². The first kappa shape index (κ1) is 14.0. The average molecular weight is 306 g/mol. The van der Waals surface area contributed by atoms with E-state index in [1.807, 2.05) is 24.3 Å². The minimum atomic E-state index is -0.184. The molecule has 0 spiro atoms. The summed E-state index contributed by atoms with van der Waals surface area (Å²) in [5.74, 6) is 1.45. The summed E-state index contributed by atoms with van der Waals surface area (Å²) in [5, 5.41) is 0.661. The zero-order chi connectivity index (χ0) is 14.8. The monoisotopic (exact) mass is 305 g/mol. The van der Waals surface area contributed by atoms with Crippen LogP contribution in [0, 0.1) is 5.92 Å². The largest absolute Gasteiger partial charge is 0.492 e. The molecule has 3 rings (SSSR count). The van der Waals surface area contributed by atoms with Gasteiger partial charge in [0.1, 0.15) is 18.1 Å². The number of hydrogen-bond donors (Lipinski definition) is 0. The summed E-state index contributed by atoms with van der Waals surface area (Å²) >= 11 is 6.00. The summed E-state index contributed by atoms with van der Waals surface area (Å²) in [4.78, 5) is 14.2. The van der Waals surface area contributed by atoms with Gasteiger partial charge in [-0.3, -0.25) is 4.79 Å². The number of benzene rings is 1. The van der Waals surface area contributed by atoms with Gasteiger partial charge in [-0.15, -0.1) is 0 Å². The highest BCUT2D eigenvalue weighted by Crippen LogP contribution is 2.30. The van der Waals surface area contributed by atoms with Crippen molar-refractivity contribution in [3.05, 3.63) is 52.9 Å². The Kier molecular flexibility index (Phi) is 3.88. The average Bonchev–Trinajstić information content (AvgIpc) is 2.98. The van der Waals surface area contributed by atoms with E-state index in [9.17, 15) is 4.79 Å². The summed E-state index contributed by atoms with van der Waals surface area (Å²) in [6, 6.07) is 9.19. The molecule has 0 saturated carbocycles. The summed E-state index contributed by atoms with van der Waals surface area (Å²) in [5.41, 5.74) is 0.985. The van der Waals surface area contributed by atoms with Gasteiger partial charge in [0.05, 0.1) is 18.7 Å². The molecular formula is C16H16ClNO3. The van der Waals surface area contributed by atoms with Gasteiger partial charge in [0.25, 0.3) is 0 Å². The predicted octanol–water partition coefficient (Wildman–Crippen LogP) is 3.14. The number of carbonyl (C=O) groups excluding carboxylic acids is 1. The van der Waals surface area contributed by atoms with Crippen molar-refractivity contribution in [2.75, 3.05) is 13.7 Å². The van der Waals surface area contributed by atoms with Crippen molar-refractivity contribution in [1.29, 1.82) is 0 Å². The molecule has 1 atom stereocenters. The van der Waals surface area contributed by atoms with Crippen LogP contribution in [0.2, 0.25) is 5.02 Å². The molecular weight excluding hydrogens is 290 g/mol. The normalized spacial score (nSPS) is 17.0. The molecule has 0 bridgehead atoms. The third-order valence-electron chi connectivity index (χ3n) is 3.63. The molecule has 1 aliphatic heterocycles. The predicted molar refractivity (Wildman–Crippen MR) is 79.3 cm³/mol. The Bertz CT molecular complexity index is 639. The molecule has 0 fully saturated rings. The SMILES string of the molecule is CN(Cc1ccco1)C(=O)[C@H]1COc2ccc(Cl)cc2C1. The first-order valence-electron chi connectivity index (χ1n) is 6.82. The Balaban J connectivity index is 1.68. The van der Waals surface area contributed by atoms with Crippen molar-refractivity contribution in [2.45, 2.75) is 13.0 Å². The number of amides is 1. The van der Waals surface area contributed by atoms with Gasteiger partial charge in [0, 0.05) is 12.1 Å². The van der Waals surface area contributed by atoms with Crippen LogP contribution in [-0.2, 0) is 17.8 Å². The van der Waals surface area contributed by atoms with Gasteiger partial charge in [-0.2, -0.15) is 0 Å². The Hall–Kier alpha value is -1.94. The molecule has 1 aliphatic rings. The van der Waals surface area contributed by atoms with E-state index in [1.54, 1.807) is 24.3 Å². The lowest BCUT2D eigenvalue weighted by Gasteiger charge is -2.28. The summed E-state index contributed by atoms with van der Waals surface area (Å²) in [7, 11) is 1.78. The third-order valence-corrected chi connectivity index (χ3v) is 3.86. The number of carbonyl (C=O) groups is 1. The van der Waals surface area contributed by atoms with Crippen molar-refractivity contribution >= 4 is 17.5 Å². The van der Waals surface area contributed by atoms with E-state index in [0.717, 1.165) is 17.1 Å². The number of hydrogen-bond acceptors (Lipinski definition) is 3. The molecule has 0 radical (unpaired) electrons. The van der Waals surface area contributed by atoms with Gasteiger partial charge in [0.15, 0.2) is 0 Å². The number of fused-ring (bicyclic) bond motifs is 1. The van der Waals surface area contributed by atoms with Crippen LogP contribution in [0.3, 0.4) is 0 Å². The van der Waals surface area contributed by atoms with Crippen LogP contribution < -0.4 is 4.74 Å². The van der Waals surface area contributed by atoms with E-state index in [-0.39, 0.29) is 11.8 Å². The van der Waals surface area contributed by atoms with Gasteiger partial charge in [-0.1, -0.05) is 11.6 Å². The molecule has 0 aliphatic carbocycles. The number of ether oxygens (including phenoxy) is 1. The Morgan fingerprint density at radius 2 is 2.29 bits per heavy atom. The first-order valence-corrected chi connectivity index (χ1v) is 7.20. The zero-order valence-corrected chi connectivity index (χ0v) is 12.5. The van der Waals surface area contributed by atoms with Gasteiger partial charge in [0.2, 0.25) is 5.91 Å². The molecule has 0 unspecified atom stereocenters. The summed E-state index contributed by atoms with van der Waals surface area (Å²) in [6.07, 6.45) is 2.26. The van der Waals surface area contributed by atoms with Crippen LogP contribution in [0.1, 0.15) is 11.3 Å². The van der Waals surface area contributed by atoms with Gasteiger partial charge < -0.3 is 14.1 Å². The second-order valence-corrected chi connectivity index (χ2v) is 5.67. The van der Waals surface area contributed by atoms with E-state index in [1.165, 1.54) is 0 Å². The Morgan fingerprint density at radius 1 is 1.43 bits per heavy atom. The maximum atomic E-state index is 12.5. The lowest BCUT2D eigenvalue weighted by atomic mass is 9.95. The number of rotatable bonds is 3. The van der Waals surface area contributed by atoms with Crippen molar-refractivity contribution in [3.8, 4) is 5.75 Å². The van der Waals surface area contributed by atoms with E-state index >= 15 is 0 Å². The zero-order valence-electron chi connectivity index (χ0n) is 11.7. The minimum absolute atomic E-state index is 0.0528. The van der Waals surface area contributed by atoms with Crippen LogP contribution >= 0.6 is 11.6 Å². The summed E-state index contributed by atoms with van der Waals surface area (Å²) < 4.78 is 10.9. The third kappa shape index (κ3) is 3.05. The molecule has 21 heavy (non-hydrogen) atoms. The maximum Gasteiger partial charge on any atom is 0.229 e. The fraction of sp³-hybridized carbons (Fsp3) is 0.312. The molecule has 1 aromatic carbocycles. The molecule has 2 heterocycles. The van der Waals surface area contributed by atoms with Crippen molar-refractivity contribution in [3.63, 3.8) is 0 Å². The topological polar surface area (TPSA) is 42.7 Å². The maximum absolute atomic E-state index is 12.5. The standard InChI is InChI=1S/C16H16ClNO3/c1-18(9-14-3-2-6-20-14)16(19)12-7-11-8-13(17)4-5-15(11)21-10-12/h2-6,8,12H,7,9-10H2,1H3/t12-/m1/s1. The Labute approximate surface area is 128 Å². The van der Waals surface area contributed by atoms with Crippen LogP contribution in [0.15, 0.2) is 41.0 Å². The molecule has 4 nitrogen and oxygen atoms in total. The van der Waals surface area contributed by atoms with E-state index in [2.05, 4.69) is 0 Å². The highest BCUT2D eigenvalue weighted by Gasteiger charge is 2.28. The highest BCUT2D eigenvalue weighted by atomic mass is 35.5. The van der Waals surface area contributed by atoms with Crippen LogP contribution in [0.5, 0.6) is 5.75 Å². The molecule has 1 amide bonds. The summed E-state index contributed by atoms with van der Waals surface area (Å²) in [6.45, 7) is 0.862.